The first-order valence-electron chi connectivity index (χ1n) is 5.80. The summed E-state index contributed by atoms with van der Waals surface area (Å²) in [6, 6.07) is 4.43. The Kier molecular flexibility index (Phi) is 4.13. The summed E-state index contributed by atoms with van der Waals surface area (Å²) in [5.74, 6) is -0.0681. The van der Waals surface area contributed by atoms with E-state index < -0.39 is 0 Å². The van der Waals surface area contributed by atoms with E-state index >= 15 is 0 Å². The molecule has 17 heavy (non-hydrogen) atoms. The topological polar surface area (TPSA) is 20.3 Å². The summed E-state index contributed by atoms with van der Waals surface area (Å²) in [6.45, 7) is 2.40. The standard InChI is InChI=1S/C13H15ClFNO/c14-13-2-1-12(15)7-11(13)8-16-5-3-10(9-17)4-6-16/h1-2,7,9-10H,3-6,8H2. The summed E-state index contributed by atoms with van der Waals surface area (Å²) in [5.41, 5.74) is 0.816. The molecule has 0 atom stereocenters. The van der Waals surface area contributed by atoms with Crippen LogP contribution in [0.3, 0.4) is 0 Å². The molecule has 1 heterocycles. The third-order valence-electron chi connectivity index (χ3n) is 3.23. The Morgan fingerprint density at radius 2 is 2.12 bits per heavy atom. The van der Waals surface area contributed by atoms with Crippen molar-refractivity contribution in [1.82, 2.24) is 4.90 Å². The van der Waals surface area contributed by atoms with Gasteiger partial charge in [-0.1, -0.05) is 11.6 Å². The van der Waals surface area contributed by atoms with Crippen LogP contribution in [0, 0.1) is 11.7 Å². The van der Waals surface area contributed by atoms with E-state index in [9.17, 15) is 9.18 Å². The average Bonchev–Trinajstić information content (AvgIpc) is 2.35. The molecule has 0 amide bonds. The Balaban J connectivity index is 1.97. The summed E-state index contributed by atoms with van der Waals surface area (Å²) >= 11 is 6.02. The number of likely N-dealkylation sites (tertiary alicyclic amines) is 1. The summed E-state index contributed by atoms with van der Waals surface area (Å²) in [7, 11) is 0. The maximum Gasteiger partial charge on any atom is 0.123 e. The van der Waals surface area contributed by atoms with Gasteiger partial charge in [-0.25, -0.2) is 4.39 Å². The van der Waals surface area contributed by atoms with E-state index in [2.05, 4.69) is 4.90 Å². The summed E-state index contributed by atoms with van der Waals surface area (Å²) in [5, 5.41) is 0.601. The van der Waals surface area contributed by atoms with Crippen LogP contribution in [0.5, 0.6) is 0 Å². The zero-order chi connectivity index (χ0) is 12.3. The van der Waals surface area contributed by atoms with Crippen LogP contribution in [-0.2, 0) is 11.3 Å². The lowest BCUT2D eigenvalue weighted by atomic mass is 9.98. The van der Waals surface area contributed by atoms with E-state index in [1.165, 1.54) is 12.1 Å². The largest absolute Gasteiger partial charge is 0.303 e. The van der Waals surface area contributed by atoms with Gasteiger partial charge in [-0.2, -0.15) is 0 Å². The number of rotatable bonds is 3. The van der Waals surface area contributed by atoms with Gasteiger partial charge in [0.15, 0.2) is 0 Å². The third kappa shape index (κ3) is 3.27. The van der Waals surface area contributed by atoms with Crippen LogP contribution in [0.15, 0.2) is 18.2 Å². The number of carbonyl (C=O) groups excluding carboxylic acids is 1. The normalized spacial score (nSPS) is 18.2. The van der Waals surface area contributed by atoms with Crippen molar-refractivity contribution >= 4 is 17.9 Å². The van der Waals surface area contributed by atoms with Crippen molar-refractivity contribution in [3.05, 3.63) is 34.6 Å². The van der Waals surface area contributed by atoms with Gasteiger partial charge >= 0.3 is 0 Å². The zero-order valence-electron chi connectivity index (χ0n) is 9.53. The minimum Gasteiger partial charge on any atom is -0.303 e. The molecule has 2 nitrogen and oxygen atoms in total. The van der Waals surface area contributed by atoms with Gasteiger partial charge in [-0.3, -0.25) is 4.90 Å². The molecular weight excluding hydrogens is 241 g/mol. The lowest BCUT2D eigenvalue weighted by Gasteiger charge is -2.29. The molecule has 0 saturated carbocycles. The molecule has 0 unspecified atom stereocenters. The Hall–Kier alpha value is -0.930. The highest BCUT2D eigenvalue weighted by Gasteiger charge is 2.19. The molecule has 1 fully saturated rings. The molecule has 0 aliphatic carbocycles. The van der Waals surface area contributed by atoms with Crippen molar-refractivity contribution in [3.8, 4) is 0 Å². The van der Waals surface area contributed by atoms with E-state index in [1.807, 2.05) is 0 Å². The Morgan fingerprint density at radius 1 is 1.41 bits per heavy atom. The van der Waals surface area contributed by atoms with Gasteiger partial charge in [0.1, 0.15) is 12.1 Å². The van der Waals surface area contributed by atoms with Crippen molar-refractivity contribution < 1.29 is 9.18 Å². The molecule has 0 spiro atoms. The second kappa shape index (κ2) is 5.61. The average molecular weight is 256 g/mol. The number of hydrogen-bond acceptors (Lipinski definition) is 2. The van der Waals surface area contributed by atoms with E-state index in [0.717, 1.165) is 37.8 Å². The van der Waals surface area contributed by atoms with E-state index in [0.29, 0.717) is 11.6 Å². The SMILES string of the molecule is O=CC1CCN(Cc2cc(F)ccc2Cl)CC1. The number of benzene rings is 1. The van der Waals surface area contributed by atoms with Crippen molar-refractivity contribution in [1.29, 1.82) is 0 Å². The van der Waals surface area contributed by atoms with Gasteiger partial charge in [-0.05, 0) is 49.7 Å². The summed E-state index contributed by atoms with van der Waals surface area (Å²) in [4.78, 5) is 12.8. The minimum atomic E-state index is -0.257. The fraction of sp³-hybridized carbons (Fsp3) is 0.462. The predicted molar refractivity (Wildman–Crippen MR) is 65.5 cm³/mol. The summed E-state index contributed by atoms with van der Waals surface area (Å²) < 4.78 is 13.1. The second-order valence-corrected chi connectivity index (χ2v) is 4.89. The molecule has 0 radical (unpaired) electrons. The van der Waals surface area contributed by atoms with E-state index in [-0.39, 0.29) is 11.7 Å². The molecule has 2 rings (SSSR count). The molecule has 0 bridgehead atoms. The molecule has 1 saturated heterocycles. The first-order chi connectivity index (χ1) is 8.19. The number of piperidine rings is 1. The third-order valence-corrected chi connectivity index (χ3v) is 3.60. The number of carbonyl (C=O) groups is 1. The van der Waals surface area contributed by atoms with Gasteiger partial charge in [0, 0.05) is 17.5 Å². The smallest absolute Gasteiger partial charge is 0.123 e. The van der Waals surface area contributed by atoms with Crippen LogP contribution < -0.4 is 0 Å². The molecular formula is C13H15ClFNO. The molecule has 4 heteroatoms. The van der Waals surface area contributed by atoms with Crippen LogP contribution in [0.2, 0.25) is 5.02 Å². The first kappa shape index (κ1) is 12.5. The monoisotopic (exact) mass is 255 g/mol. The van der Waals surface area contributed by atoms with Crippen LogP contribution >= 0.6 is 11.6 Å². The predicted octanol–water partition coefficient (Wildman–Crippen LogP) is 2.89. The van der Waals surface area contributed by atoms with Crippen LogP contribution in [0.25, 0.3) is 0 Å². The quantitative estimate of drug-likeness (QED) is 0.774. The van der Waals surface area contributed by atoms with Gasteiger partial charge in [0.25, 0.3) is 0 Å². The Bertz CT molecular complexity index is 402. The molecule has 1 aromatic rings. The van der Waals surface area contributed by atoms with Crippen molar-refractivity contribution in [2.75, 3.05) is 13.1 Å². The molecule has 1 aliphatic rings. The van der Waals surface area contributed by atoms with Gasteiger partial charge in [0.05, 0.1) is 0 Å². The van der Waals surface area contributed by atoms with Crippen molar-refractivity contribution in [2.24, 2.45) is 5.92 Å². The number of aldehydes is 1. The second-order valence-electron chi connectivity index (χ2n) is 4.49. The molecule has 92 valence electrons. The van der Waals surface area contributed by atoms with Gasteiger partial charge in [-0.15, -0.1) is 0 Å². The minimum absolute atomic E-state index is 0.189. The van der Waals surface area contributed by atoms with E-state index in [1.54, 1.807) is 6.07 Å². The van der Waals surface area contributed by atoms with Crippen LogP contribution in [0.4, 0.5) is 4.39 Å². The highest BCUT2D eigenvalue weighted by Crippen LogP contribution is 2.22. The lowest BCUT2D eigenvalue weighted by molar-refractivity contribution is -0.112. The van der Waals surface area contributed by atoms with Crippen LogP contribution in [0.1, 0.15) is 18.4 Å². The fourth-order valence-electron chi connectivity index (χ4n) is 2.15. The van der Waals surface area contributed by atoms with E-state index in [4.69, 9.17) is 11.6 Å². The molecule has 0 N–H and O–H groups in total. The number of halogens is 2. The Labute approximate surface area is 105 Å². The maximum atomic E-state index is 13.1. The van der Waals surface area contributed by atoms with Gasteiger partial charge in [0.2, 0.25) is 0 Å². The zero-order valence-corrected chi connectivity index (χ0v) is 10.3. The van der Waals surface area contributed by atoms with Gasteiger partial charge < -0.3 is 4.79 Å². The van der Waals surface area contributed by atoms with Crippen LogP contribution in [-0.4, -0.2) is 24.3 Å². The lowest BCUT2D eigenvalue weighted by Crippen LogP contribution is -2.33. The summed E-state index contributed by atoms with van der Waals surface area (Å²) in [6.07, 6.45) is 2.80. The molecule has 0 aromatic heterocycles. The maximum absolute atomic E-state index is 13.1. The van der Waals surface area contributed by atoms with Crippen molar-refractivity contribution in [2.45, 2.75) is 19.4 Å². The fourth-order valence-corrected chi connectivity index (χ4v) is 2.33. The highest BCUT2D eigenvalue weighted by atomic mass is 35.5. The first-order valence-corrected chi connectivity index (χ1v) is 6.18. The Morgan fingerprint density at radius 3 is 2.76 bits per heavy atom. The number of hydrogen-bond donors (Lipinski definition) is 0. The molecule has 1 aliphatic heterocycles. The molecule has 1 aromatic carbocycles. The highest BCUT2D eigenvalue weighted by molar-refractivity contribution is 6.31. The number of nitrogens with zero attached hydrogens (tertiary/aromatic N) is 1. The van der Waals surface area contributed by atoms with Crippen molar-refractivity contribution in [3.63, 3.8) is 0 Å².